The van der Waals surface area contributed by atoms with Crippen LogP contribution in [-0.2, 0) is 0 Å². The zero-order valence-electron chi connectivity index (χ0n) is 8.99. The Kier molecular flexibility index (Phi) is 2.70. The van der Waals surface area contributed by atoms with Crippen LogP contribution in [0, 0.1) is 6.92 Å². The summed E-state index contributed by atoms with van der Waals surface area (Å²) in [4.78, 5) is 25.2. The summed E-state index contributed by atoms with van der Waals surface area (Å²) in [5, 5.41) is 12.7. The summed E-state index contributed by atoms with van der Waals surface area (Å²) >= 11 is 0. The number of carbonyl (C=O) groups is 2. The number of aldehydes is 1. The second-order valence-corrected chi connectivity index (χ2v) is 3.47. The molecule has 0 unspecified atom stereocenters. The Bertz CT molecular complexity index is 572. The van der Waals surface area contributed by atoms with Gasteiger partial charge in [0, 0.05) is 12.4 Å². The predicted molar refractivity (Wildman–Crippen MR) is 58.4 cm³/mol. The van der Waals surface area contributed by atoms with E-state index in [9.17, 15) is 9.59 Å². The molecule has 0 saturated heterocycles. The SMILES string of the molecule is Cc1cn(-c2ccc(C(=O)O)cn2)nc1C=O. The Morgan fingerprint density at radius 2 is 2.24 bits per heavy atom. The van der Waals surface area contributed by atoms with E-state index in [4.69, 9.17) is 5.11 Å². The Balaban J connectivity index is 2.39. The highest BCUT2D eigenvalue weighted by Crippen LogP contribution is 2.09. The molecule has 2 aromatic rings. The molecule has 2 heterocycles. The van der Waals surface area contributed by atoms with Gasteiger partial charge in [0.05, 0.1) is 5.56 Å². The molecule has 6 nitrogen and oxygen atoms in total. The van der Waals surface area contributed by atoms with Gasteiger partial charge in [-0.15, -0.1) is 0 Å². The van der Waals surface area contributed by atoms with Gasteiger partial charge in [-0.25, -0.2) is 14.5 Å². The minimum Gasteiger partial charge on any atom is -0.478 e. The fraction of sp³-hybridized carbons (Fsp3) is 0.0909. The molecule has 0 aliphatic carbocycles. The second-order valence-electron chi connectivity index (χ2n) is 3.47. The van der Waals surface area contributed by atoms with Crippen molar-refractivity contribution in [1.29, 1.82) is 0 Å². The molecule has 2 aromatic heterocycles. The van der Waals surface area contributed by atoms with Gasteiger partial charge in [0.15, 0.2) is 12.1 Å². The summed E-state index contributed by atoms with van der Waals surface area (Å²) < 4.78 is 1.44. The number of nitrogens with zero attached hydrogens (tertiary/aromatic N) is 3. The zero-order valence-corrected chi connectivity index (χ0v) is 8.99. The third-order valence-electron chi connectivity index (χ3n) is 2.28. The summed E-state index contributed by atoms with van der Waals surface area (Å²) in [6.45, 7) is 1.76. The average Bonchev–Trinajstić information content (AvgIpc) is 2.70. The van der Waals surface area contributed by atoms with Crippen LogP contribution in [0.5, 0.6) is 0 Å². The number of aromatic carboxylic acids is 1. The van der Waals surface area contributed by atoms with Gasteiger partial charge in [-0.05, 0) is 24.6 Å². The first kappa shape index (κ1) is 11.0. The highest BCUT2D eigenvalue weighted by molar-refractivity contribution is 5.87. The molecule has 0 aromatic carbocycles. The van der Waals surface area contributed by atoms with Crippen molar-refractivity contribution in [3.05, 3.63) is 41.3 Å². The van der Waals surface area contributed by atoms with Gasteiger partial charge in [-0.2, -0.15) is 5.10 Å². The van der Waals surface area contributed by atoms with Crippen molar-refractivity contribution in [3.8, 4) is 5.82 Å². The van der Waals surface area contributed by atoms with Crippen LogP contribution in [-0.4, -0.2) is 32.1 Å². The number of carboxylic acid groups (broad SMARTS) is 1. The van der Waals surface area contributed by atoms with E-state index in [1.54, 1.807) is 13.1 Å². The molecule has 2 rings (SSSR count). The van der Waals surface area contributed by atoms with Crippen LogP contribution in [0.1, 0.15) is 26.4 Å². The molecule has 0 bridgehead atoms. The van der Waals surface area contributed by atoms with Crippen LogP contribution in [0.25, 0.3) is 5.82 Å². The van der Waals surface area contributed by atoms with Crippen molar-refractivity contribution in [1.82, 2.24) is 14.8 Å². The van der Waals surface area contributed by atoms with Crippen molar-refractivity contribution in [2.24, 2.45) is 0 Å². The number of aromatic nitrogens is 3. The van der Waals surface area contributed by atoms with Crippen LogP contribution in [0.2, 0.25) is 0 Å². The molecular weight excluding hydrogens is 222 g/mol. The van der Waals surface area contributed by atoms with Crippen molar-refractivity contribution >= 4 is 12.3 Å². The third kappa shape index (κ3) is 2.05. The maximum Gasteiger partial charge on any atom is 0.337 e. The monoisotopic (exact) mass is 231 g/mol. The van der Waals surface area contributed by atoms with Gasteiger partial charge in [-0.1, -0.05) is 0 Å². The third-order valence-corrected chi connectivity index (χ3v) is 2.28. The first-order chi connectivity index (χ1) is 8.11. The zero-order chi connectivity index (χ0) is 12.4. The number of rotatable bonds is 3. The summed E-state index contributed by atoms with van der Waals surface area (Å²) in [5.41, 5.74) is 1.19. The highest BCUT2D eigenvalue weighted by Gasteiger charge is 2.07. The largest absolute Gasteiger partial charge is 0.478 e. The summed E-state index contributed by atoms with van der Waals surface area (Å²) in [6.07, 6.45) is 3.57. The number of carbonyl (C=O) groups excluding carboxylic acids is 1. The molecular formula is C11H9N3O3. The fourth-order valence-corrected chi connectivity index (χ4v) is 1.36. The lowest BCUT2D eigenvalue weighted by Gasteiger charge is -1.99. The molecule has 0 fully saturated rings. The van der Waals surface area contributed by atoms with E-state index < -0.39 is 5.97 Å². The Morgan fingerprint density at radius 3 is 2.71 bits per heavy atom. The number of hydrogen-bond donors (Lipinski definition) is 1. The lowest BCUT2D eigenvalue weighted by atomic mass is 10.3. The summed E-state index contributed by atoms with van der Waals surface area (Å²) in [6, 6.07) is 2.97. The minimum atomic E-state index is -1.03. The van der Waals surface area contributed by atoms with Crippen LogP contribution in [0.4, 0.5) is 0 Å². The molecule has 0 amide bonds. The molecule has 0 aliphatic rings. The summed E-state index contributed by atoms with van der Waals surface area (Å²) in [7, 11) is 0. The predicted octanol–water partition coefficient (Wildman–Crippen LogP) is 1.09. The Labute approximate surface area is 96.5 Å². The number of hydrogen-bond acceptors (Lipinski definition) is 4. The molecule has 0 atom stereocenters. The van der Waals surface area contributed by atoms with Crippen molar-refractivity contribution in [2.45, 2.75) is 6.92 Å². The molecule has 0 saturated carbocycles. The maximum absolute atomic E-state index is 10.6. The van der Waals surface area contributed by atoms with Gasteiger partial charge >= 0.3 is 5.97 Å². The van der Waals surface area contributed by atoms with E-state index in [2.05, 4.69) is 10.1 Å². The molecule has 86 valence electrons. The van der Waals surface area contributed by atoms with E-state index in [1.165, 1.54) is 23.0 Å². The average molecular weight is 231 g/mol. The first-order valence-corrected chi connectivity index (χ1v) is 4.83. The Hall–Kier alpha value is -2.50. The number of aryl methyl sites for hydroxylation is 1. The molecule has 0 radical (unpaired) electrons. The first-order valence-electron chi connectivity index (χ1n) is 4.83. The van der Waals surface area contributed by atoms with Gasteiger partial charge in [-0.3, -0.25) is 4.79 Å². The van der Waals surface area contributed by atoms with E-state index in [0.717, 1.165) is 5.56 Å². The molecule has 6 heteroatoms. The molecule has 0 aliphatic heterocycles. The topological polar surface area (TPSA) is 85.1 Å². The van der Waals surface area contributed by atoms with Crippen LogP contribution >= 0.6 is 0 Å². The number of carboxylic acids is 1. The normalized spacial score (nSPS) is 10.2. The van der Waals surface area contributed by atoms with Crippen molar-refractivity contribution in [2.75, 3.05) is 0 Å². The van der Waals surface area contributed by atoms with Gasteiger partial charge in [0.2, 0.25) is 0 Å². The van der Waals surface area contributed by atoms with Crippen LogP contribution in [0.3, 0.4) is 0 Å². The van der Waals surface area contributed by atoms with Crippen molar-refractivity contribution < 1.29 is 14.7 Å². The van der Waals surface area contributed by atoms with Crippen LogP contribution in [0.15, 0.2) is 24.5 Å². The summed E-state index contributed by atoms with van der Waals surface area (Å²) in [5.74, 6) is -0.569. The van der Waals surface area contributed by atoms with Crippen LogP contribution < -0.4 is 0 Å². The van der Waals surface area contributed by atoms with E-state index in [1.807, 2.05) is 0 Å². The van der Waals surface area contributed by atoms with E-state index in [-0.39, 0.29) is 5.56 Å². The lowest BCUT2D eigenvalue weighted by molar-refractivity contribution is 0.0696. The number of pyridine rings is 1. The van der Waals surface area contributed by atoms with E-state index >= 15 is 0 Å². The second kappa shape index (κ2) is 4.17. The van der Waals surface area contributed by atoms with Gasteiger partial charge in [0.1, 0.15) is 5.69 Å². The lowest BCUT2D eigenvalue weighted by Crippen LogP contribution is -2.02. The van der Waals surface area contributed by atoms with Crippen molar-refractivity contribution in [3.63, 3.8) is 0 Å². The standard InChI is InChI=1S/C11H9N3O3/c1-7-5-14(13-9(7)6-15)10-3-2-8(4-12-10)11(16)17/h2-6H,1H3,(H,16,17). The molecule has 0 spiro atoms. The maximum atomic E-state index is 10.6. The minimum absolute atomic E-state index is 0.105. The van der Waals surface area contributed by atoms with Gasteiger partial charge in [0.25, 0.3) is 0 Å². The fourth-order valence-electron chi connectivity index (χ4n) is 1.36. The molecule has 17 heavy (non-hydrogen) atoms. The highest BCUT2D eigenvalue weighted by atomic mass is 16.4. The quantitative estimate of drug-likeness (QED) is 0.799. The molecule has 1 N–H and O–H groups in total. The van der Waals surface area contributed by atoms with Gasteiger partial charge < -0.3 is 5.11 Å². The smallest absolute Gasteiger partial charge is 0.337 e. The van der Waals surface area contributed by atoms with E-state index in [0.29, 0.717) is 17.8 Å². The Morgan fingerprint density at radius 1 is 1.47 bits per heavy atom.